The molecule has 6 nitrogen and oxygen atoms in total. The number of esters is 1. The minimum atomic E-state index is -0.668. The van der Waals surface area contributed by atoms with Gasteiger partial charge in [0.25, 0.3) is 5.52 Å². The van der Waals surface area contributed by atoms with E-state index in [-0.39, 0.29) is 17.8 Å². The molecular formula is C16H14N2O4. The summed E-state index contributed by atoms with van der Waals surface area (Å²) in [7, 11) is 0. The topological polar surface area (TPSA) is 79.3 Å². The molecule has 0 aliphatic carbocycles. The number of rotatable bonds is 3. The second-order valence-corrected chi connectivity index (χ2v) is 4.77. The fourth-order valence-electron chi connectivity index (χ4n) is 2.37. The first-order chi connectivity index (χ1) is 10.6. The molecule has 6 heteroatoms. The van der Waals surface area contributed by atoms with Crippen LogP contribution in [-0.4, -0.2) is 17.7 Å². The molecular weight excluding hydrogens is 284 g/mol. The molecule has 0 N–H and O–H groups in total. The van der Waals surface area contributed by atoms with Crippen molar-refractivity contribution in [1.29, 1.82) is 0 Å². The van der Waals surface area contributed by atoms with Gasteiger partial charge in [-0.3, -0.25) is 0 Å². The predicted octanol–water partition coefficient (Wildman–Crippen LogP) is 2.61. The Hall–Kier alpha value is -2.89. The third-order valence-corrected chi connectivity index (χ3v) is 3.35. The van der Waals surface area contributed by atoms with Crippen LogP contribution in [-0.2, 0) is 4.74 Å². The van der Waals surface area contributed by atoms with E-state index in [9.17, 15) is 10.0 Å². The van der Waals surface area contributed by atoms with Crippen molar-refractivity contribution >= 4 is 17.1 Å². The van der Waals surface area contributed by atoms with E-state index >= 15 is 0 Å². The minimum absolute atomic E-state index is 0.0631. The first-order valence-electron chi connectivity index (χ1n) is 6.88. The predicted molar refractivity (Wildman–Crippen MR) is 79.1 cm³/mol. The second kappa shape index (κ2) is 5.48. The van der Waals surface area contributed by atoms with Gasteiger partial charge in [-0.05, 0) is 19.4 Å². The molecule has 0 aliphatic rings. The molecule has 0 saturated carbocycles. The molecule has 112 valence electrons. The number of hydrogen-bond donors (Lipinski definition) is 0. The number of hydrogen-bond acceptors (Lipinski definition) is 5. The van der Waals surface area contributed by atoms with Crippen LogP contribution in [0.4, 0.5) is 0 Å². The van der Waals surface area contributed by atoms with Crippen LogP contribution in [0.3, 0.4) is 0 Å². The molecule has 0 spiro atoms. The lowest BCUT2D eigenvalue weighted by Gasteiger charge is -2.10. The van der Waals surface area contributed by atoms with Crippen molar-refractivity contribution in [3.63, 3.8) is 0 Å². The van der Waals surface area contributed by atoms with Crippen molar-refractivity contribution in [3.8, 4) is 11.1 Å². The Bertz CT molecular complexity index is 840. The molecule has 2 aromatic heterocycles. The Balaban J connectivity index is 2.34. The molecule has 3 aromatic rings. The van der Waals surface area contributed by atoms with Crippen LogP contribution in [0.2, 0.25) is 0 Å². The SMILES string of the molecule is CCOC(=O)c1c(-c2ccccc2)cc2onc(C)c2[n+]1[O-]. The van der Waals surface area contributed by atoms with Gasteiger partial charge in [0.05, 0.1) is 12.2 Å². The van der Waals surface area contributed by atoms with Gasteiger partial charge >= 0.3 is 11.7 Å². The average molecular weight is 298 g/mol. The molecule has 0 amide bonds. The second-order valence-electron chi connectivity index (χ2n) is 4.77. The Kier molecular flexibility index (Phi) is 3.50. The van der Waals surface area contributed by atoms with Crippen LogP contribution < -0.4 is 4.73 Å². The van der Waals surface area contributed by atoms with Gasteiger partial charge in [0.15, 0.2) is 5.69 Å². The van der Waals surface area contributed by atoms with E-state index in [2.05, 4.69) is 5.16 Å². The monoisotopic (exact) mass is 298 g/mol. The zero-order chi connectivity index (χ0) is 15.7. The van der Waals surface area contributed by atoms with Crippen molar-refractivity contribution in [2.45, 2.75) is 13.8 Å². The van der Waals surface area contributed by atoms with E-state index in [4.69, 9.17) is 9.26 Å². The Labute approximate surface area is 126 Å². The van der Waals surface area contributed by atoms with Crippen LogP contribution in [0.15, 0.2) is 40.9 Å². The molecule has 0 radical (unpaired) electrons. The van der Waals surface area contributed by atoms with E-state index < -0.39 is 5.97 Å². The van der Waals surface area contributed by atoms with Crippen LogP contribution >= 0.6 is 0 Å². The van der Waals surface area contributed by atoms with Crippen molar-refractivity contribution in [3.05, 3.63) is 53.0 Å². The van der Waals surface area contributed by atoms with Gasteiger partial charge in [0.1, 0.15) is 0 Å². The molecule has 0 saturated heterocycles. The van der Waals surface area contributed by atoms with Gasteiger partial charge < -0.3 is 14.5 Å². The highest BCUT2D eigenvalue weighted by atomic mass is 16.5. The summed E-state index contributed by atoms with van der Waals surface area (Å²) in [4.78, 5) is 12.2. The number of fused-ring (bicyclic) bond motifs is 1. The van der Waals surface area contributed by atoms with Gasteiger partial charge in [-0.25, -0.2) is 4.79 Å². The summed E-state index contributed by atoms with van der Waals surface area (Å²) in [5.41, 5.74) is 2.12. The zero-order valence-electron chi connectivity index (χ0n) is 12.2. The van der Waals surface area contributed by atoms with Crippen LogP contribution in [0.1, 0.15) is 23.1 Å². The largest absolute Gasteiger partial charge is 0.618 e. The molecule has 2 heterocycles. The number of aryl methyl sites for hydroxylation is 1. The maximum absolute atomic E-state index is 12.6. The summed E-state index contributed by atoms with van der Waals surface area (Å²) >= 11 is 0. The number of nitrogens with zero attached hydrogens (tertiary/aromatic N) is 2. The van der Waals surface area contributed by atoms with Gasteiger partial charge in [-0.15, -0.1) is 0 Å². The van der Waals surface area contributed by atoms with Crippen molar-refractivity contribution in [2.24, 2.45) is 0 Å². The standard InChI is InChI=1S/C16H14N2O4/c1-3-21-16(19)15-12(11-7-5-4-6-8-11)9-13-14(18(15)20)10(2)17-22-13/h4-9H,3H2,1-2H3. The lowest BCUT2D eigenvalue weighted by atomic mass is 10.0. The summed E-state index contributed by atoms with van der Waals surface area (Å²) in [5.74, 6) is -0.668. The first kappa shape index (κ1) is 14.1. The maximum Gasteiger partial charge on any atom is 0.405 e. The van der Waals surface area contributed by atoms with Gasteiger partial charge in [0, 0.05) is 6.07 Å². The normalized spacial score (nSPS) is 10.8. The average Bonchev–Trinajstić information content (AvgIpc) is 2.89. The van der Waals surface area contributed by atoms with E-state index in [0.717, 1.165) is 5.56 Å². The maximum atomic E-state index is 12.6. The first-order valence-corrected chi connectivity index (χ1v) is 6.88. The van der Waals surface area contributed by atoms with E-state index in [0.29, 0.717) is 21.6 Å². The number of carbonyl (C=O) groups excluding carboxylic acids is 1. The third-order valence-electron chi connectivity index (χ3n) is 3.35. The summed E-state index contributed by atoms with van der Waals surface area (Å²) in [6, 6.07) is 10.8. The lowest BCUT2D eigenvalue weighted by molar-refractivity contribution is -0.580. The van der Waals surface area contributed by atoms with Crippen LogP contribution in [0, 0.1) is 12.1 Å². The van der Waals surface area contributed by atoms with E-state index in [1.807, 2.05) is 30.3 Å². The number of carbonyl (C=O) groups is 1. The molecule has 22 heavy (non-hydrogen) atoms. The molecule has 0 aliphatic heterocycles. The van der Waals surface area contributed by atoms with E-state index in [1.165, 1.54) is 0 Å². The summed E-state index contributed by atoms with van der Waals surface area (Å²) in [6.45, 7) is 3.53. The number of pyridine rings is 1. The Morgan fingerprint density at radius 1 is 1.36 bits per heavy atom. The van der Waals surface area contributed by atoms with Crippen molar-refractivity contribution in [2.75, 3.05) is 6.61 Å². The number of aromatic nitrogens is 2. The summed E-state index contributed by atoms with van der Waals surface area (Å²) < 4.78 is 10.7. The minimum Gasteiger partial charge on any atom is -0.618 e. The molecule has 1 aromatic carbocycles. The van der Waals surface area contributed by atoms with E-state index in [1.54, 1.807) is 19.9 Å². The lowest BCUT2D eigenvalue weighted by Crippen LogP contribution is -2.37. The molecule has 0 unspecified atom stereocenters. The Morgan fingerprint density at radius 2 is 2.09 bits per heavy atom. The fraction of sp³-hybridized carbons (Fsp3) is 0.188. The highest BCUT2D eigenvalue weighted by molar-refractivity contribution is 5.96. The molecule has 0 atom stereocenters. The van der Waals surface area contributed by atoms with Crippen LogP contribution in [0.5, 0.6) is 0 Å². The van der Waals surface area contributed by atoms with Gasteiger partial charge in [-0.2, -0.15) is 4.73 Å². The highest BCUT2D eigenvalue weighted by Crippen LogP contribution is 2.27. The molecule has 0 fully saturated rings. The zero-order valence-corrected chi connectivity index (χ0v) is 12.2. The summed E-state index contributed by atoms with van der Waals surface area (Å²) in [5, 5.41) is 16.4. The third kappa shape index (κ3) is 2.18. The quantitative estimate of drug-likeness (QED) is 0.422. The Morgan fingerprint density at radius 3 is 2.77 bits per heavy atom. The van der Waals surface area contributed by atoms with Gasteiger partial charge in [-0.1, -0.05) is 35.5 Å². The molecule has 0 bridgehead atoms. The smallest absolute Gasteiger partial charge is 0.405 e. The number of ether oxygens (including phenoxy) is 1. The van der Waals surface area contributed by atoms with Gasteiger partial charge in [0.2, 0.25) is 5.58 Å². The molecule has 3 rings (SSSR count). The van der Waals surface area contributed by atoms with Crippen LogP contribution in [0.25, 0.3) is 22.2 Å². The van der Waals surface area contributed by atoms with Crippen molar-refractivity contribution in [1.82, 2.24) is 5.16 Å². The van der Waals surface area contributed by atoms with Crippen molar-refractivity contribution < 1.29 is 18.8 Å². The highest BCUT2D eigenvalue weighted by Gasteiger charge is 2.29. The number of benzene rings is 1. The summed E-state index contributed by atoms with van der Waals surface area (Å²) in [6.07, 6.45) is 0. The fourth-order valence-corrected chi connectivity index (χ4v) is 2.37.